The summed E-state index contributed by atoms with van der Waals surface area (Å²) in [5.74, 6) is -1.11. The van der Waals surface area contributed by atoms with E-state index in [2.05, 4.69) is 0 Å². The van der Waals surface area contributed by atoms with E-state index >= 15 is 0 Å². The molecule has 0 atom stereocenters. The maximum atomic E-state index is 12.9. The highest BCUT2D eigenvalue weighted by Crippen LogP contribution is 2.34. The van der Waals surface area contributed by atoms with E-state index < -0.39 is 11.9 Å². The van der Waals surface area contributed by atoms with Crippen molar-refractivity contribution < 1.29 is 24.5 Å². The Hall–Kier alpha value is -4.38. The van der Waals surface area contributed by atoms with Crippen molar-refractivity contribution in [3.05, 3.63) is 119 Å². The quantitative estimate of drug-likeness (QED) is 0.265. The number of aromatic hydroxyl groups is 1. The van der Waals surface area contributed by atoms with Crippen molar-refractivity contribution in [1.29, 1.82) is 0 Å². The molecule has 0 saturated heterocycles. The Morgan fingerprint density at radius 3 is 2.06 bits per heavy atom. The fourth-order valence-electron chi connectivity index (χ4n) is 3.84. The zero-order chi connectivity index (χ0) is 24.3. The molecule has 5 heteroatoms. The van der Waals surface area contributed by atoms with Gasteiger partial charge in [0.25, 0.3) is 0 Å². The van der Waals surface area contributed by atoms with E-state index in [-0.39, 0.29) is 22.5 Å². The minimum atomic E-state index is -1.06. The zero-order valence-electron chi connectivity index (χ0n) is 18.9. The number of ether oxygens (including phenoxy) is 1. The van der Waals surface area contributed by atoms with Crippen molar-refractivity contribution in [3.63, 3.8) is 0 Å². The molecule has 0 saturated carbocycles. The summed E-state index contributed by atoms with van der Waals surface area (Å²) in [5.41, 5.74) is 3.30. The van der Waals surface area contributed by atoms with Crippen molar-refractivity contribution in [3.8, 4) is 22.6 Å². The highest BCUT2D eigenvalue weighted by atomic mass is 16.5. The summed E-state index contributed by atoms with van der Waals surface area (Å²) in [7, 11) is 0. The van der Waals surface area contributed by atoms with Crippen LogP contribution in [0.3, 0.4) is 0 Å². The third-order valence-electron chi connectivity index (χ3n) is 5.92. The Kier molecular flexibility index (Phi) is 6.19. The van der Waals surface area contributed by atoms with Crippen molar-refractivity contribution in [2.24, 2.45) is 0 Å². The van der Waals surface area contributed by atoms with Gasteiger partial charge in [0.15, 0.2) is 0 Å². The molecule has 0 heterocycles. The second kappa shape index (κ2) is 9.24. The fraction of sp³-hybridized carbons (Fsp3) is 0.103. The van der Waals surface area contributed by atoms with Crippen LogP contribution in [0.25, 0.3) is 11.1 Å². The molecule has 0 unspecified atom stereocenters. The minimum absolute atomic E-state index is 0.109. The van der Waals surface area contributed by atoms with E-state index in [1.165, 1.54) is 18.2 Å². The van der Waals surface area contributed by atoms with Crippen LogP contribution in [0.15, 0.2) is 97.1 Å². The van der Waals surface area contributed by atoms with Crippen LogP contribution in [-0.2, 0) is 5.41 Å². The van der Waals surface area contributed by atoms with Crippen LogP contribution >= 0.6 is 0 Å². The molecule has 4 rings (SSSR count). The largest absolute Gasteiger partial charge is 0.508 e. The van der Waals surface area contributed by atoms with Crippen LogP contribution in [0.5, 0.6) is 11.5 Å². The average molecular weight is 453 g/mol. The van der Waals surface area contributed by atoms with Gasteiger partial charge in [-0.3, -0.25) is 0 Å². The topological polar surface area (TPSA) is 83.8 Å². The van der Waals surface area contributed by atoms with Gasteiger partial charge in [-0.2, -0.15) is 0 Å². The van der Waals surface area contributed by atoms with Crippen LogP contribution in [0.1, 0.15) is 45.7 Å². The number of hydrogen-bond acceptors (Lipinski definition) is 4. The summed E-state index contributed by atoms with van der Waals surface area (Å²) >= 11 is 0. The molecule has 0 aliphatic rings. The van der Waals surface area contributed by atoms with E-state index in [0.717, 1.165) is 16.7 Å². The zero-order valence-corrected chi connectivity index (χ0v) is 18.9. The fourth-order valence-corrected chi connectivity index (χ4v) is 3.84. The smallest absolute Gasteiger partial charge is 0.343 e. The molecule has 34 heavy (non-hydrogen) atoms. The van der Waals surface area contributed by atoms with Crippen LogP contribution < -0.4 is 4.74 Å². The summed E-state index contributed by atoms with van der Waals surface area (Å²) in [4.78, 5) is 24.4. The lowest BCUT2D eigenvalue weighted by Gasteiger charge is -2.26. The highest BCUT2D eigenvalue weighted by molar-refractivity contribution is 5.94. The molecule has 2 N–H and O–H groups in total. The van der Waals surface area contributed by atoms with E-state index in [1.54, 1.807) is 30.3 Å². The molecule has 0 radical (unpaired) electrons. The molecule has 0 aliphatic carbocycles. The number of benzene rings is 4. The molecule has 0 spiro atoms. The summed E-state index contributed by atoms with van der Waals surface area (Å²) in [6.07, 6.45) is 0. The number of carboxylic acids is 1. The molecule has 170 valence electrons. The number of aromatic carboxylic acids is 1. The van der Waals surface area contributed by atoms with Crippen LogP contribution in [-0.4, -0.2) is 22.2 Å². The highest BCUT2D eigenvalue weighted by Gasteiger charge is 2.24. The number of hydrogen-bond donors (Lipinski definition) is 2. The van der Waals surface area contributed by atoms with Crippen LogP contribution in [0, 0.1) is 0 Å². The lowest BCUT2D eigenvalue weighted by Crippen LogP contribution is -2.19. The first-order valence-electron chi connectivity index (χ1n) is 10.8. The van der Waals surface area contributed by atoms with Gasteiger partial charge in [-0.25, -0.2) is 9.59 Å². The maximum absolute atomic E-state index is 12.9. The lowest BCUT2D eigenvalue weighted by atomic mass is 9.78. The minimum Gasteiger partial charge on any atom is -0.508 e. The predicted molar refractivity (Wildman–Crippen MR) is 130 cm³/mol. The van der Waals surface area contributed by atoms with Crippen molar-refractivity contribution >= 4 is 11.9 Å². The maximum Gasteiger partial charge on any atom is 0.343 e. The van der Waals surface area contributed by atoms with Crippen molar-refractivity contribution in [2.75, 3.05) is 0 Å². The van der Waals surface area contributed by atoms with Crippen LogP contribution in [0.4, 0.5) is 0 Å². The first-order chi connectivity index (χ1) is 16.3. The second-order valence-electron chi connectivity index (χ2n) is 8.52. The summed E-state index contributed by atoms with van der Waals surface area (Å²) in [5, 5.41) is 19.2. The molecule has 5 nitrogen and oxygen atoms in total. The molecular formula is C29H24O5. The number of phenols is 1. The molecule has 0 amide bonds. The van der Waals surface area contributed by atoms with Gasteiger partial charge in [0.2, 0.25) is 0 Å². The summed E-state index contributed by atoms with van der Waals surface area (Å²) < 4.78 is 5.68. The Morgan fingerprint density at radius 1 is 0.735 bits per heavy atom. The molecule has 4 aromatic rings. The van der Waals surface area contributed by atoms with Gasteiger partial charge in [0, 0.05) is 11.0 Å². The van der Waals surface area contributed by atoms with Crippen molar-refractivity contribution in [2.45, 2.75) is 19.3 Å². The molecule has 0 aromatic heterocycles. The van der Waals surface area contributed by atoms with Gasteiger partial charge >= 0.3 is 11.9 Å². The number of carbonyl (C=O) groups is 2. The number of phenolic OH excluding ortho intramolecular Hbond substituents is 1. The van der Waals surface area contributed by atoms with Gasteiger partial charge in [-0.05, 0) is 59.2 Å². The second-order valence-corrected chi connectivity index (χ2v) is 8.52. The van der Waals surface area contributed by atoms with Gasteiger partial charge in [0.05, 0.1) is 11.1 Å². The number of carboxylic acid groups (broad SMARTS) is 1. The summed E-state index contributed by atoms with van der Waals surface area (Å²) in [6, 6.07) is 27.9. The van der Waals surface area contributed by atoms with Gasteiger partial charge in [0.1, 0.15) is 11.5 Å². The SMILES string of the molecule is CC(C)(c1ccc(C(=O)Oc2ccc(C(=O)O)cc2-c2ccccc2)cc1)c1cccc(O)c1. The first-order valence-corrected chi connectivity index (χ1v) is 10.8. The Labute approximate surface area is 197 Å². The third kappa shape index (κ3) is 4.69. The van der Waals surface area contributed by atoms with E-state index in [0.29, 0.717) is 11.1 Å². The standard InChI is InChI=1S/C29H24O5/c1-29(2,23-9-6-10-24(30)18-23)22-14-11-20(12-15-22)28(33)34-26-16-13-21(27(31)32)17-25(26)19-7-4-3-5-8-19/h3-18,30H,1-2H3,(H,31,32). The number of rotatable bonds is 6. The Bertz CT molecular complexity index is 1340. The predicted octanol–water partition coefficient (Wildman–Crippen LogP) is 6.30. The first kappa shape index (κ1) is 22.8. The molecule has 4 aromatic carbocycles. The molecule has 0 fully saturated rings. The number of carbonyl (C=O) groups excluding carboxylic acids is 1. The van der Waals surface area contributed by atoms with E-state index in [1.807, 2.05) is 62.4 Å². The third-order valence-corrected chi connectivity index (χ3v) is 5.92. The number of esters is 1. The Morgan fingerprint density at radius 2 is 1.41 bits per heavy atom. The van der Waals surface area contributed by atoms with E-state index in [4.69, 9.17) is 4.74 Å². The monoisotopic (exact) mass is 452 g/mol. The van der Waals surface area contributed by atoms with Crippen molar-refractivity contribution in [1.82, 2.24) is 0 Å². The lowest BCUT2D eigenvalue weighted by molar-refractivity contribution is 0.0696. The molecule has 0 bridgehead atoms. The molecular weight excluding hydrogens is 428 g/mol. The molecule has 0 aliphatic heterocycles. The normalized spacial score (nSPS) is 11.1. The van der Waals surface area contributed by atoms with Gasteiger partial charge in [-0.15, -0.1) is 0 Å². The Balaban J connectivity index is 1.61. The van der Waals surface area contributed by atoms with Gasteiger partial charge < -0.3 is 14.9 Å². The average Bonchev–Trinajstić information content (AvgIpc) is 2.84. The summed E-state index contributed by atoms with van der Waals surface area (Å²) in [6.45, 7) is 4.09. The van der Waals surface area contributed by atoms with Crippen LogP contribution in [0.2, 0.25) is 0 Å². The van der Waals surface area contributed by atoms with E-state index in [9.17, 15) is 19.8 Å². The van der Waals surface area contributed by atoms with Gasteiger partial charge in [-0.1, -0.05) is 68.4 Å².